The Hall–Kier alpha value is -2.20. The Balaban J connectivity index is 1.90. The summed E-state index contributed by atoms with van der Waals surface area (Å²) in [7, 11) is -6.99. The van der Waals surface area contributed by atoms with Crippen molar-refractivity contribution in [3.63, 3.8) is 0 Å². The van der Waals surface area contributed by atoms with E-state index >= 15 is 0 Å². The molecule has 6 nitrogen and oxygen atoms in total. The van der Waals surface area contributed by atoms with E-state index in [0.717, 1.165) is 5.41 Å². The molecule has 0 bridgehead atoms. The molecule has 0 N–H and O–H groups in total. The molecule has 10 heteroatoms. The Kier molecular flexibility index (Phi) is 6.13. The van der Waals surface area contributed by atoms with E-state index in [1.54, 1.807) is 42.5 Å². The van der Waals surface area contributed by atoms with E-state index in [1.807, 2.05) is 0 Å². The molecule has 0 amide bonds. The fourth-order valence-corrected chi connectivity index (χ4v) is 7.51. The second-order valence-corrected chi connectivity index (χ2v) is 11.7. The first-order valence-corrected chi connectivity index (χ1v) is 12.7. The molecule has 2 aromatic carbocycles. The van der Waals surface area contributed by atoms with Crippen LogP contribution >= 0.6 is 22.9 Å². The minimum Gasteiger partial charge on any atom is -0.497 e. The molecule has 1 heterocycles. The summed E-state index contributed by atoms with van der Waals surface area (Å²) in [6.45, 7) is 0. The van der Waals surface area contributed by atoms with Gasteiger partial charge in [-0.15, -0.1) is 0 Å². The number of methoxy groups -OCH3 is 1. The normalized spacial score (nSPS) is 12.5. The van der Waals surface area contributed by atoms with Gasteiger partial charge in [0.1, 0.15) is 10.6 Å². The van der Waals surface area contributed by atoms with Gasteiger partial charge in [-0.2, -0.15) is 0 Å². The highest BCUT2D eigenvalue weighted by molar-refractivity contribution is 8.09. The van der Waals surface area contributed by atoms with E-state index in [0.29, 0.717) is 37.8 Å². The van der Waals surface area contributed by atoms with Gasteiger partial charge in [0.15, 0.2) is 24.8 Å². The number of sulfone groups is 2. The Morgan fingerprint density at radius 2 is 1.72 bits per heavy atom. The quantitative estimate of drug-likeness (QED) is 0.544. The summed E-state index contributed by atoms with van der Waals surface area (Å²) in [6.07, 6.45) is 1.29. The van der Waals surface area contributed by atoms with Gasteiger partial charge in [-0.1, -0.05) is 41.1 Å². The molecule has 0 atom stereocenters. The molecule has 0 radical (unpaired) electrons. The maximum atomic E-state index is 12.6. The first-order valence-electron chi connectivity index (χ1n) is 8.11. The Labute approximate surface area is 176 Å². The summed E-state index contributed by atoms with van der Waals surface area (Å²) in [4.78, 5) is 11.7. The average molecular weight is 471 g/mol. The molecular weight excluding hydrogens is 456 g/mol. The SMILES string of the molecule is COc1ccc(C=CS(=O)(=O)CS(=O)(=O)c2cc3ccc(Cl)cc3sc2=O)cc1. The second kappa shape index (κ2) is 8.27. The maximum absolute atomic E-state index is 12.6. The van der Waals surface area contributed by atoms with Gasteiger partial charge in [-0.3, -0.25) is 4.79 Å². The molecule has 0 spiro atoms. The molecule has 1 aromatic heterocycles. The summed E-state index contributed by atoms with van der Waals surface area (Å²) < 4.78 is 54.7. The third-order valence-corrected chi connectivity index (χ3v) is 9.33. The van der Waals surface area contributed by atoms with Crippen molar-refractivity contribution in [3.8, 4) is 5.75 Å². The summed E-state index contributed by atoms with van der Waals surface area (Å²) in [6, 6.07) is 12.4. The topological polar surface area (TPSA) is 94.6 Å². The zero-order chi connectivity index (χ0) is 21.2. The number of ether oxygens (including phenoxy) is 1. The molecule has 29 heavy (non-hydrogen) atoms. The number of benzene rings is 2. The zero-order valence-corrected chi connectivity index (χ0v) is 18.2. The van der Waals surface area contributed by atoms with Crippen LogP contribution in [0.1, 0.15) is 5.56 Å². The van der Waals surface area contributed by atoms with E-state index in [9.17, 15) is 21.6 Å². The van der Waals surface area contributed by atoms with Crippen molar-refractivity contribution in [3.05, 3.63) is 74.1 Å². The molecule has 3 rings (SSSR count). The van der Waals surface area contributed by atoms with Crippen molar-refractivity contribution in [2.24, 2.45) is 0 Å². The second-order valence-electron chi connectivity index (χ2n) is 6.05. The van der Waals surface area contributed by atoms with Crippen molar-refractivity contribution in [1.82, 2.24) is 0 Å². The fourth-order valence-electron chi connectivity index (χ4n) is 2.50. The minimum absolute atomic E-state index is 0.412. The largest absolute Gasteiger partial charge is 0.497 e. The summed E-state index contributed by atoms with van der Waals surface area (Å²) in [5, 5.41) is 0.521. The molecule has 0 aliphatic rings. The molecule has 0 fully saturated rings. The number of hydrogen-bond donors (Lipinski definition) is 0. The van der Waals surface area contributed by atoms with Crippen LogP contribution in [0.2, 0.25) is 5.02 Å². The van der Waals surface area contributed by atoms with Crippen LogP contribution in [0.5, 0.6) is 5.75 Å². The molecule has 0 aliphatic heterocycles. The van der Waals surface area contributed by atoms with Crippen LogP contribution < -0.4 is 9.48 Å². The molecule has 0 saturated carbocycles. The molecule has 3 aromatic rings. The number of rotatable bonds is 6. The monoisotopic (exact) mass is 470 g/mol. The third kappa shape index (κ3) is 5.24. The van der Waals surface area contributed by atoms with Crippen LogP contribution in [0.4, 0.5) is 0 Å². The number of halogens is 1. The van der Waals surface area contributed by atoms with Gasteiger partial charge in [0.05, 0.1) is 7.11 Å². The van der Waals surface area contributed by atoms with Crippen LogP contribution in [0.25, 0.3) is 16.2 Å². The number of hydrogen-bond acceptors (Lipinski definition) is 7. The van der Waals surface area contributed by atoms with Crippen LogP contribution in [0.15, 0.2) is 63.6 Å². The lowest BCUT2D eigenvalue weighted by Gasteiger charge is -2.05. The van der Waals surface area contributed by atoms with Gasteiger partial charge < -0.3 is 4.74 Å². The zero-order valence-electron chi connectivity index (χ0n) is 15.0. The van der Waals surface area contributed by atoms with E-state index in [-0.39, 0.29) is 0 Å². The van der Waals surface area contributed by atoms with Crippen molar-refractivity contribution >= 4 is 58.8 Å². The highest BCUT2D eigenvalue weighted by atomic mass is 35.5. The number of fused-ring (bicyclic) bond motifs is 1. The first kappa shape index (κ1) is 21.5. The van der Waals surface area contributed by atoms with Gasteiger partial charge in [0.2, 0.25) is 0 Å². The van der Waals surface area contributed by atoms with Crippen molar-refractivity contribution < 1.29 is 21.6 Å². The smallest absolute Gasteiger partial charge is 0.251 e. The Bertz CT molecular complexity index is 1360. The van der Waals surface area contributed by atoms with Crippen molar-refractivity contribution in [2.45, 2.75) is 4.90 Å². The lowest BCUT2D eigenvalue weighted by atomic mass is 10.2. The average Bonchev–Trinajstić information content (AvgIpc) is 2.65. The molecular formula is C19H15ClO6S3. The van der Waals surface area contributed by atoms with E-state index in [1.165, 1.54) is 19.3 Å². The van der Waals surface area contributed by atoms with E-state index < -0.39 is 34.4 Å². The summed E-state index contributed by atoms with van der Waals surface area (Å²) >= 11 is 6.59. The Morgan fingerprint density at radius 1 is 1.03 bits per heavy atom. The standard InChI is InChI=1S/C19H15ClO6S3/c1-26-16-6-2-13(3-7-16)8-9-28(22,23)12-29(24,25)18-10-14-4-5-15(20)11-17(14)27-19(18)21/h2-11H,12H2,1H3. The van der Waals surface area contributed by atoms with Gasteiger partial charge in [0.25, 0.3) is 4.74 Å². The highest BCUT2D eigenvalue weighted by Crippen LogP contribution is 2.24. The van der Waals surface area contributed by atoms with E-state index in [4.69, 9.17) is 16.3 Å². The lowest BCUT2D eigenvalue weighted by Crippen LogP contribution is -2.20. The van der Waals surface area contributed by atoms with Crippen LogP contribution in [-0.2, 0) is 19.7 Å². The van der Waals surface area contributed by atoms with Gasteiger partial charge in [-0.05, 0) is 47.4 Å². The van der Waals surface area contributed by atoms with Crippen molar-refractivity contribution in [2.75, 3.05) is 12.2 Å². The van der Waals surface area contributed by atoms with Crippen LogP contribution in [-0.4, -0.2) is 29.0 Å². The van der Waals surface area contributed by atoms with Gasteiger partial charge in [0, 0.05) is 15.1 Å². The first-order chi connectivity index (χ1) is 13.6. The molecule has 0 saturated heterocycles. The fraction of sp³-hybridized carbons (Fsp3) is 0.105. The third-order valence-electron chi connectivity index (χ3n) is 3.90. The summed E-state index contributed by atoms with van der Waals surface area (Å²) in [5.41, 5.74) is 0.557. The van der Waals surface area contributed by atoms with Crippen molar-refractivity contribution in [1.29, 1.82) is 0 Å². The molecule has 152 valence electrons. The predicted octanol–water partition coefficient (Wildman–Crippen LogP) is 3.74. The molecule has 0 aliphatic carbocycles. The van der Waals surface area contributed by atoms with Crippen LogP contribution in [0.3, 0.4) is 0 Å². The summed E-state index contributed by atoms with van der Waals surface area (Å²) in [5.74, 6) is 0.606. The van der Waals surface area contributed by atoms with Crippen LogP contribution in [0, 0.1) is 0 Å². The predicted molar refractivity (Wildman–Crippen MR) is 116 cm³/mol. The van der Waals surface area contributed by atoms with Gasteiger partial charge in [-0.25, -0.2) is 16.8 Å². The van der Waals surface area contributed by atoms with E-state index in [2.05, 4.69) is 0 Å². The molecule has 0 unspecified atom stereocenters. The maximum Gasteiger partial charge on any atom is 0.251 e. The minimum atomic E-state index is -4.36. The Morgan fingerprint density at radius 3 is 2.38 bits per heavy atom. The lowest BCUT2D eigenvalue weighted by molar-refractivity contribution is 0.415. The van der Waals surface area contributed by atoms with Gasteiger partial charge >= 0.3 is 0 Å². The highest BCUT2D eigenvalue weighted by Gasteiger charge is 2.26.